The van der Waals surface area contributed by atoms with Crippen LogP contribution in [-0.2, 0) is 11.2 Å². The van der Waals surface area contributed by atoms with Gasteiger partial charge < -0.3 is 5.32 Å². The van der Waals surface area contributed by atoms with Crippen molar-refractivity contribution in [2.75, 3.05) is 13.1 Å². The fourth-order valence-electron chi connectivity index (χ4n) is 2.70. The monoisotopic (exact) mass is 350 g/mol. The number of hydrogen-bond acceptors (Lipinski definition) is 5. The van der Waals surface area contributed by atoms with Gasteiger partial charge in [0.05, 0.1) is 23.1 Å². The molecule has 2 aromatic heterocycles. The second kappa shape index (κ2) is 7.34. The standard InChI is InChI=1S/C16H16Cl2N4O/c17-13-7-21-11(5-15(23)10-2-1-3-19-6-10)4-12(13)14-8-20-9-16(18)22-14/h4,7-10,19H,1-3,5-6H2/t10-/m1/s1. The van der Waals surface area contributed by atoms with Crippen LogP contribution in [0.4, 0.5) is 0 Å². The predicted octanol–water partition coefficient (Wildman–Crippen LogP) is 2.96. The van der Waals surface area contributed by atoms with Gasteiger partial charge in [0.15, 0.2) is 0 Å². The molecule has 5 nitrogen and oxygen atoms in total. The third-order valence-electron chi connectivity index (χ3n) is 3.90. The van der Waals surface area contributed by atoms with Crippen molar-refractivity contribution in [3.8, 4) is 11.3 Å². The zero-order chi connectivity index (χ0) is 16.2. The van der Waals surface area contributed by atoms with Gasteiger partial charge in [0.2, 0.25) is 0 Å². The number of carbonyl (C=O) groups excluding carboxylic acids is 1. The quantitative estimate of drug-likeness (QED) is 0.917. The van der Waals surface area contributed by atoms with Gasteiger partial charge in [-0.2, -0.15) is 0 Å². The Morgan fingerprint density at radius 3 is 2.91 bits per heavy atom. The number of hydrogen-bond donors (Lipinski definition) is 1. The summed E-state index contributed by atoms with van der Waals surface area (Å²) >= 11 is 12.1. The summed E-state index contributed by atoms with van der Waals surface area (Å²) in [6.07, 6.45) is 6.86. The van der Waals surface area contributed by atoms with Crippen LogP contribution in [0.2, 0.25) is 10.2 Å². The zero-order valence-electron chi connectivity index (χ0n) is 12.4. The molecular formula is C16H16Cl2N4O. The highest BCUT2D eigenvalue weighted by molar-refractivity contribution is 6.33. The normalized spacial score (nSPS) is 17.9. The summed E-state index contributed by atoms with van der Waals surface area (Å²) in [6.45, 7) is 1.74. The molecule has 0 aliphatic carbocycles. The lowest BCUT2D eigenvalue weighted by Gasteiger charge is -2.21. The molecule has 2 aromatic rings. The first-order valence-corrected chi connectivity index (χ1v) is 8.25. The molecule has 3 rings (SSSR count). The number of pyridine rings is 1. The van der Waals surface area contributed by atoms with E-state index in [1.807, 2.05) is 0 Å². The Hall–Kier alpha value is -1.56. The molecule has 1 N–H and O–H groups in total. The lowest BCUT2D eigenvalue weighted by atomic mass is 9.92. The molecule has 7 heteroatoms. The van der Waals surface area contributed by atoms with E-state index in [0.717, 1.165) is 25.9 Å². The summed E-state index contributed by atoms with van der Waals surface area (Å²) in [4.78, 5) is 24.9. The minimum Gasteiger partial charge on any atom is -0.316 e. The number of halogens is 2. The highest BCUT2D eigenvalue weighted by atomic mass is 35.5. The Balaban J connectivity index is 1.81. The van der Waals surface area contributed by atoms with Crippen molar-refractivity contribution in [3.05, 3.63) is 40.5 Å². The Bertz CT molecular complexity index is 717. The first kappa shape index (κ1) is 16.3. The molecule has 1 aliphatic heterocycles. The molecule has 0 bridgehead atoms. The van der Waals surface area contributed by atoms with Gasteiger partial charge in [-0.25, -0.2) is 4.98 Å². The third-order valence-corrected chi connectivity index (χ3v) is 4.38. The van der Waals surface area contributed by atoms with E-state index in [1.54, 1.807) is 18.5 Å². The van der Waals surface area contributed by atoms with Crippen molar-refractivity contribution < 1.29 is 4.79 Å². The highest BCUT2D eigenvalue weighted by Crippen LogP contribution is 2.27. The molecule has 0 spiro atoms. The van der Waals surface area contributed by atoms with E-state index in [2.05, 4.69) is 20.3 Å². The summed E-state index contributed by atoms with van der Waals surface area (Å²) in [5.74, 6) is 0.269. The van der Waals surface area contributed by atoms with Crippen LogP contribution in [0.5, 0.6) is 0 Å². The third kappa shape index (κ3) is 4.05. The van der Waals surface area contributed by atoms with Gasteiger partial charge in [0.1, 0.15) is 10.9 Å². The van der Waals surface area contributed by atoms with Crippen LogP contribution >= 0.6 is 23.2 Å². The van der Waals surface area contributed by atoms with Gasteiger partial charge in [-0.15, -0.1) is 0 Å². The average Bonchev–Trinajstić information content (AvgIpc) is 2.57. The van der Waals surface area contributed by atoms with Gasteiger partial charge in [0.25, 0.3) is 0 Å². The molecule has 1 atom stereocenters. The van der Waals surface area contributed by atoms with E-state index in [0.29, 0.717) is 33.5 Å². The van der Waals surface area contributed by atoms with E-state index in [1.165, 1.54) is 6.20 Å². The van der Waals surface area contributed by atoms with Crippen molar-refractivity contribution in [2.24, 2.45) is 5.92 Å². The fraction of sp³-hybridized carbons (Fsp3) is 0.375. The number of piperidine rings is 1. The van der Waals surface area contributed by atoms with Crippen LogP contribution in [0.3, 0.4) is 0 Å². The molecule has 1 fully saturated rings. The zero-order valence-corrected chi connectivity index (χ0v) is 13.9. The summed E-state index contributed by atoms with van der Waals surface area (Å²) in [6, 6.07) is 1.79. The van der Waals surface area contributed by atoms with Crippen LogP contribution < -0.4 is 5.32 Å². The number of nitrogens with one attached hydrogen (secondary N) is 1. The van der Waals surface area contributed by atoms with Crippen molar-refractivity contribution in [1.29, 1.82) is 0 Å². The first-order valence-electron chi connectivity index (χ1n) is 7.49. The second-order valence-electron chi connectivity index (χ2n) is 5.57. The van der Waals surface area contributed by atoms with E-state index in [4.69, 9.17) is 23.2 Å². The molecule has 0 saturated carbocycles. The van der Waals surface area contributed by atoms with E-state index in [-0.39, 0.29) is 11.7 Å². The average molecular weight is 351 g/mol. The van der Waals surface area contributed by atoms with E-state index < -0.39 is 0 Å². The minimum absolute atomic E-state index is 0.0654. The van der Waals surface area contributed by atoms with Crippen molar-refractivity contribution in [1.82, 2.24) is 20.3 Å². The molecule has 0 unspecified atom stereocenters. The molecule has 1 aliphatic rings. The molecule has 3 heterocycles. The smallest absolute Gasteiger partial charge is 0.148 e. The Labute approximate surface area is 144 Å². The topological polar surface area (TPSA) is 67.8 Å². The van der Waals surface area contributed by atoms with E-state index in [9.17, 15) is 4.79 Å². The molecule has 0 radical (unpaired) electrons. The molecule has 120 valence electrons. The molecule has 0 amide bonds. The lowest BCUT2D eigenvalue weighted by molar-refractivity contribution is -0.122. The predicted molar refractivity (Wildman–Crippen MR) is 89.6 cm³/mol. The highest BCUT2D eigenvalue weighted by Gasteiger charge is 2.21. The lowest BCUT2D eigenvalue weighted by Crippen LogP contribution is -2.35. The molecule has 0 aromatic carbocycles. The van der Waals surface area contributed by atoms with Crippen LogP contribution in [-0.4, -0.2) is 33.8 Å². The summed E-state index contributed by atoms with van der Waals surface area (Å²) < 4.78 is 0. The molecule has 1 saturated heterocycles. The number of Topliss-reactive ketones (excluding diaryl/α,β-unsaturated/α-hetero) is 1. The van der Waals surface area contributed by atoms with Crippen molar-refractivity contribution in [3.63, 3.8) is 0 Å². The van der Waals surface area contributed by atoms with Crippen molar-refractivity contribution in [2.45, 2.75) is 19.3 Å². The maximum Gasteiger partial charge on any atom is 0.148 e. The SMILES string of the molecule is O=C(Cc1cc(-c2cncc(Cl)n2)c(Cl)cn1)[C@@H]1CCCNC1. The van der Waals surface area contributed by atoms with Gasteiger partial charge in [-0.05, 0) is 25.5 Å². The number of carbonyl (C=O) groups is 1. The van der Waals surface area contributed by atoms with Crippen LogP contribution in [0.25, 0.3) is 11.3 Å². The van der Waals surface area contributed by atoms with Gasteiger partial charge in [-0.1, -0.05) is 23.2 Å². The summed E-state index contributed by atoms with van der Waals surface area (Å²) in [5.41, 5.74) is 1.93. The van der Waals surface area contributed by atoms with Crippen LogP contribution in [0.15, 0.2) is 24.7 Å². The van der Waals surface area contributed by atoms with Gasteiger partial charge in [0, 0.05) is 36.3 Å². The Morgan fingerprint density at radius 1 is 1.30 bits per heavy atom. The summed E-state index contributed by atoms with van der Waals surface area (Å²) in [7, 11) is 0. The van der Waals surface area contributed by atoms with Crippen molar-refractivity contribution >= 4 is 29.0 Å². The van der Waals surface area contributed by atoms with Crippen LogP contribution in [0.1, 0.15) is 18.5 Å². The number of aromatic nitrogens is 3. The number of nitrogens with zero attached hydrogens (tertiary/aromatic N) is 3. The number of ketones is 1. The first-order chi connectivity index (χ1) is 11.1. The minimum atomic E-state index is 0.0654. The summed E-state index contributed by atoms with van der Waals surface area (Å²) in [5, 5.41) is 4.01. The van der Waals surface area contributed by atoms with Gasteiger partial charge >= 0.3 is 0 Å². The largest absolute Gasteiger partial charge is 0.316 e. The van der Waals surface area contributed by atoms with Gasteiger partial charge in [-0.3, -0.25) is 14.8 Å². The van der Waals surface area contributed by atoms with E-state index >= 15 is 0 Å². The van der Waals surface area contributed by atoms with Crippen LogP contribution in [0, 0.1) is 5.92 Å². The maximum absolute atomic E-state index is 12.4. The molecular weight excluding hydrogens is 335 g/mol. The Kier molecular flexibility index (Phi) is 5.20. The molecule has 23 heavy (non-hydrogen) atoms. The maximum atomic E-state index is 12.4. The number of rotatable bonds is 4. The fourth-order valence-corrected chi connectivity index (χ4v) is 3.04. The Morgan fingerprint density at radius 2 is 2.17 bits per heavy atom. The second-order valence-corrected chi connectivity index (χ2v) is 6.36.